The van der Waals surface area contributed by atoms with E-state index in [9.17, 15) is 8.78 Å². The molecule has 0 aliphatic heterocycles. The Balaban J connectivity index is 2.90. The summed E-state index contributed by atoms with van der Waals surface area (Å²) in [6, 6.07) is 3.65. The Hall–Kier alpha value is -1.23. The van der Waals surface area contributed by atoms with E-state index in [0.29, 0.717) is 12.3 Å². The van der Waals surface area contributed by atoms with E-state index in [1.54, 1.807) is 7.11 Å². The second-order valence-electron chi connectivity index (χ2n) is 3.99. The van der Waals surface area contributed by atoms with Crippen LogP contribution in [0.5, 0.6) is 5.88 Å². The monoisotopic (exact) mass is 245 g/mol. The van der Waals surface area contributed by atoms with Gasteiger partial charge in [-0.15, -0.1) is 0 Å². The van der Waals surface area contributed by atoms with E-state index in [1.165, 1.54) is 0 Å². The molecule has 0 atom stereocenters. The summed E-state index contributed by atoms with van der Waals surface area (Å²) in [4.78, 5) is 4.18. The zero-order valence-electron chi connectivity index (χ0n) is 10.2. The van der Waals surface area contributed by atoms with Crippen molar-refractivity contribution in [3.05, 3.63) is 23.4 Å². The van der Waals surface area contributed by atoms with Gasteiger partial charge in [0.2, 0.25) is 5.88 Å². The number of hydrogen-bond donors (Lipinski definition) is 0. The molecule has 0 bridgehead atoms. The second kappa shape index (κ2) is 6.49. The summed E-state index contributed by atoms with van der Waals surface area (Å²) in [5, 5.41) is 0. The number of nitrogens with zero attached hydrogens (tertiary/aromatic N) is 1. The first kappa shape index (κ1) is 13.8. The highest BCUT2D eigenvalue weighted by Gasteiger charge is 2.13. The first-order valence-electron chi connectivity index (χ1n) is 5.44. The fraction of sp³-hybridized carbons (Fsp3) is 0.583. The molecule has 96 valence electrons. The predicted octanol–water partition coefficient (Wildman–Crippen LogP) is 3.00. The van der Waals surface area contributed by atoms with Crippen molar-refractivity contribution >= 4 is 0 Å². The van der Waals surface area contributed by atoms with Crippen molar-refractivity contribution < 1.29 is 18.3 Å². The molecule has 0 amide bonds. The minimum Gasteiger partial charge on any atom is -0.471 e. The Morgan fingerprint density at radius 3 is 2.53 bits per heavy atom. The maximum atomic E-state index is 12.1. The van der Waals surface area contributed by atoms with Gasteiger partial charge in [0, 0.05) is 12.7 Å². The summed E-state index contributed by atoms with van der Waals surface area (Å²) in [5.74, 6) is 0.446. The maximum Gasteiger partial charge on any atom is 0.272 e. The number of ether oxygens (including phenoxy) is 2. The molecule has 1 rings (SSSR count). The van der Waals surface area contributed by atoms with Gasteiger partial charge in [0.15, 0.2) is 6.61 Å². The van der Waals surface area contributed by atoms with Gasteiger partial charge in [-0.05, 0) is 12.0 Å². The van der Waals surface area contributed by atoms with Gasteiger partial charge in [-0.2, -0.15) is 0 Å². The van der Waals surface area contributed by atoms with Crippen LogP contribution in [-0.4, -0.2) is 25.1 Å². The molecule has 17 heavy (non-hydrogen) atoms. The Kier molecular flexibility index (Phi) is 5.28. The Bertz CT molecular complexity index is 356. The quantitative estimate of drug-likeness (QED) is 0.772. The van der Waals surface area contributed by atoms with Crippen molar-refractivity contribution in [1.29, 1.82) is 0 Å². The summed E-state index contributed by atoms with van der Waals surface area (Å²) in [6.45, 7) is 3.62. The summed E-state index contributed by atoms with van der Waals surface area (Å²) in [7, 11) is 1.55. The van der Waals surface area contributed by atoms with Crippen LogP contribution in [0.4, 0.5) is 8.78 Å². The van der Waals surface area contributed by atoms with E-state index in [-0.39, 0.29) is 11.8 Å². The number of hydrogen-bond acceptors (Lipinski definition) is 3. The topological polar surface area (TPSA) is 31.4 Å². The lowest BCUT2D eigenvalue weighted by atomic mass is 10.0. The highest BCUT2D eigenvalue weighted by molar-refractivity contribution is 5.30. The van der Waals surface area contributed by atoms with Gasteiger partial charge >= 0.3 is 0 Å². The average Bonchev–Trinajstić information content (AvgIpc) is 2.26. The number of alkyl halides is 2. The van der Waals surface area contributed by atoms with Crippen LogP contribution < -0.4 is 4.74 Å². The van der Waals surface area contributed by atoms with Crippen LogP contribution in [0.15, 0.2) is 12.1 Å². The van der Waals surface area contributed by atoms with E-state index in [4.69, 9.17) is 9.47 Å². The summed E-state index contributed by atoms with van der Waals surface area (Å²) >= 11 is 0. The number of rotatable bonds is 6. The third kappa shape index (κ3) is 4.26. The van der Waals surface area contributed by atoms with Crippen LogP contribution in [0, 0.1) is 0 Å². The lowest BCUT2D eigenvalue weighted by Gasteiger charge is -2.13. The van der Waals surface area contributed by atoms with Gasteiger partial charge in [0.05, 0.1) is 12.3 Å². The molecule has 1 aromatic rings. The van der Waals surface area contributed by atoms with Gasteiger partial charge in [-0.3, -0.25) is 0 Å². The molecular weight excluding hydrogens is 228 g/mol. The first-order valence-corrected chi connectivity index (χ1v) is 5.44. The standard InChI is InChI=1S/C12H17F2NO2/c1-8(2)10-5-4-9(6-16-3)15-12(10)17-7-11(13)14/h4-5,8,11H,6-7H2,1-3H3. The van der Waals surface area contributed by atoms with Gasteiger partial charge in [0.1, 0.15) is 0 Å². The minimum absolute atomic E-state index is 0.173. The van der Waals surface area contributed by atoms with Crippen LogP contribution >= 0.6 is 0 Å². The molecule has 1 heterocycles. The molecule has 5 heteroatoms. The van der Waals surface area contributed by atoms with Crippen LogP contribution in [0.3, 0.4) is 0 Å². The number of pyridine rings is 1. The molecule has 0 aromatic carbocycles. The molecule has 0 saturated carbocycles. The SMILES string of the molecule is COCc1ccc(C(C)C)c(OCC(F)F)n1. The number of aromatic nitrogens is 1. The van der Waals surface area contributed by atoms with Crippen molar-refractivity contribution in [2.45, 2.75) is 32.8 Å². The zero-order chi connectivity index (χ0) is 12.8. The lowest BCUT2D eigenvalue weighted by Crippen LogP contribution is -2.11. The smallest absolute Gasteiger partial charge is 0.272 e. The fourth-order valence-corrected chi connectivity index (χ4v) is 1.41. The van der Waals surface area contributed by atoms with Gasteiger partial charge < -0.3 is 9.47 Å². The molecule has 0 saturated heterocycles. The summed E-state index contributed by atoms with van der Waals surface area (Å²) in [6.07, 6.45) is -2.50. The van der Waals surface area contributed by atoms with Crippen molar-refractivity contribution in [3.63, 3.8) is 0 Å². The maximum absolute atomic E-state index is 12.1. The molecule has 0 unspecified atom stereocenters. The predicted molar refractivity (Wildman–Crippen MR) is 60.5 cm³/mol. The average molecular weight is 245 g/mol. The van der Waals surface area contributed by atoms with Crippen molar-refractivity contribution in [3.8, 4) is 5.88 Å². The Morgan fingerprint density at radius 2 is 2.00 bits per heavy atom. The van der Waals surface area contributed by atoms with E-state index in [0.717, 1.165) is 5.56 Å². The lowest BCUT2D eigenvalue weighted by molar-refractivity contribution is 0.0784. The van der Waals surface area contributed by atoms with Crippen LogP contribution in [0.25, 0.3) is 0 Å². The number of halogens is 2. The van der Waals surface area contributed by atoms with E-state index >= 15 is 0 Å². The molecule has 0 N–H and O–H groups in total. The summed E-state index contributed by atoms with van der Waals surface area (Å²) in [5.41, 5.74) is 1.49. The van der Waals surface area contributed by atoms with Gasteiger partial charge in [-0.1, -0.05) is 19.9 Å². The zero-order valence-corrected chi connectivity index (χ0v) is 10.2. The van der Waals surface area contributed by atoms with Gasteiger partial charge in [-0.25, -0.2) is 13.8 Å². The van der Waals surface area contributed by atoms with Crippen LogP contribution in [-0.2, 0) is 11.3 Å². The molecule has 0 spiro atoms. The fourth-order valence-electron chi connectivity index (χ4n) is 1.41. The molecule has 1 aromatic heterocycles. The van der Waals surface area contributed by atoms with E-state index in [1.807, 2.05) is 26.0 Å². The molecule has 0 aliphatic carbocycles. The molecule has 0 fully saturated rings. The highest BCUT2D eigenvalue weighted by Crippen LogP contribution is 2.25. The first-order chi connectivity index (χ1) is 8.04. The Labute approximate surface area is 99.8 Å². The van der Waals surface area contributed by atoms with Crippen LogP contribution in [0.2, 0.25) is 0 Å². The molecule has 3 nitrogen and oxygen atoms in total. The van der Waals surface area contributed by atoms with Gasteiger partial charge in [0.25, 0.3) is 6.43 Å². The van der Waals surface area contributed by atoms with E-state index < -0.39 is 13.0 Å². The third-order valence-corrected chi connectivity index (χ3v) is 2.21. The van der Waals surface area contributed by atoms with Crippen molar-refractivity contribution in [2.24, 2.45) is 0 Å². The van der Waals surface area contributed by atoms with Crippen molar-refractivity contribution in [2.75, 3.05) is 13.7 Å². The molecule has 0 aliphatic rings. The molecular formula is C12H17F2NO2. The highest BCUT2D eigenvalue weighted by atomic mass is 19.3. The van der Waals surface area contributed by atoms with Crippen molar-refractivity contribution in [1.82, 2.24) is 4.98 Å². The largest absolute Gasteiger partial charge is 0.471 e. The normalized spacial score (nSPS) is 11.2. The minimum atomic E-state index is -2.50. The molecule has 0 radical (unpaired) electrons. The number of methoxy groups -OCH3 is 1. The Morgan fingerprint density at radius 1 is 1.29 bits per heavy atom. The van der Waals surface area contributed by atoms with Crippen LogP contribution in [0.1, 0.15) is 31.0 Å². The van der Waals surface area contributed by atoms with E-state index in [2.05, 4.69) is 4.98 Å². The second-order valence-corrected chi connectivity index (χ2v) is 3.99. The third-order valence-electron chi connectivity index (χ3n) is 2.21. The summed E-state index contributed by atoms with van der Waals surface area (Å²) < 4.78 is 34.2.